The lowest BCUT2D eigenvalue weighted by Crippen LogP contribution is -2.58. The first kappa shape index (κ1) is 37.2. The number of halogens is 1. The van der Waals surface area contributed by atoms with E-state index in [1.807, 2.05) is 13.8 Å². The lowest BCUT2D eigenvalue weighted by atomic mass is 9.77. The summed E-state index contributed by atoms with van der Waals surface area (Å²) in [5, 5.41) is 10.1. The van der Waals surface area contributed by atoms with E-state index in [9.17, 15) is 19.2 Å². The standard InChI is InChI=1S/C37H55FN6O4/c1-8-32(46)40-33(36(48)42-18-20-43(21-19-42)37(5,6)7)25(4)27-14-15-28(29(38)22-27)23-31(45)34(26-12-10-24(3)11-13-26)41-35(47)30-16-17-39-44(30)9-2/h14-17,22,24-26,33-34H,8-13,18-21,23H2,1-7H3,(H,40,46)(H,41,47)/t24?,25-,26?,33+,34-/m0/s1. The van der Waals surface area contributed by atoms with Gasteiger partial charge in [-0.05, 0) is 75.6 Å². The van der Waals surface area contributed by atoms with Crippen molar-refractivity contribution in [2.45, 2.75) is 117 Å². The molecule has 4 rings (SSSR count). The predicted molar refractivity (Wildman–Crippen MR) is 184 cm³/mol. The van der Waals surface area contributed by atoms with Crippen LogP contribution in [0.1, 0.15) is 108 Å². The van der Waals surface area contributed by atoms with Gasteiger partial charge in [0.25, 0.3) is 5.91 Å². The molecule has 1 saturated carbocycles. The molecule has 1 aromatic heterocycles. The van der Waals surface area contributed by atoms with Crippen LogP contribution in [0.4, 0.5) is 4.39 Å². The number of carbonyl (C=O) groups is 4. The summed E-state index contributed by atoms with van der Waals surface area (Å²) in [7, 11) is 0. The van der Waals surface area contributed by atoms with E-state index in [1.165, 1.54) is 6.07 Å². The second-order valence-corrected chi connectivity index (χ2v) is 14.7. The first-order valence-corrected chi connectivity index (χ1v) is 17.7. The van der Waals surface area contributed by atoms with E-state index in [-0.39, 0.29) is 53.4 Å². The number of piperazine rings is 1. The highest BCUT2D eigenvalue weighted by molar-refractivity contribution is 5.97. The third-order valence-corrected chi connectivity index (χ3v) is 10.3. The van der Waals surface area contributed by atoms with Crippen LogP contribution in [0.3, 0.4) is 0 Å². The molecule has 0 unspecified atom stereocenters. The highest BCUT2D eigenvalue weighted by atomic mass is 19.1. The van der Waals surface area contributed by atoms with Gasteiger partial charge in [-0.3, -0.25) is 28.8 Å². The first-order valence-electron chi connectivity index (χ1n) is 17.7. The maximum atomic E-state index is 15.8. The largest absolute Gasteiger partial charge is 0.344 e. The van der Waals surface area contributed by atoms with Crippen molar-refractivity contribution in [3.8, 4) is 0 Å². The van der Waals surface area contributed by atoms with E-state index >= 15 is 4.39 Å². The van der Waals surface area contributed by atoms with Gasteiger partial charge in [0.05, 0.1) is 6.04 Å². The molecule has 1 saturated heterocycles. The Labute approximate surface area is 285 Å². The van der Waals surface area contributed by atoms with Gasteiger partial charge in [-0.2, -0.15) is 5.10 Å². The number of aromatic nitrogens is 2. The predicted octanol–water partition coefficient (Wildman–Crippen LogP) is 4.72. The summed E-state index contributed by atoms with van der Waals surface area (Å²) in [5.74, 6) is -1.54. The molecule has 48 heavy (non-hydrogen) atoms. The Bertz CT molecular complexity index is 1440. The van der Waals surface area contributed by atoms with E-state index in [4.69, 9.17) is 0 Å². The first-order chi connectivity index (χ1) is 22.7. The van der Waals surface area contributed by atoms with Crippen LogP contribution in [0.15, 0.2) is 30.5 Å². The van der Waals surface area contributed by atoms with Gasteiger partial charge < -0.3 is 15.5 Å². The molecule has 0 spiro atoms. The minimum atomic E-state index is -0.852. The van der Waals surface area contributed by atoms with E-state index in [0.29, 0.717) is 36.8 Å². The zero-order valence-corrected chi connectivity index (χ0v) is 29.9. The summed E-state index contributed by atoms with van der Waals surface area (Å²) in [6.45, 7) is 17.2. The third-order valence-electron chi connectivity index (χ3n) is 10.3. The molecule has 1 aromatic carbocycles. The zero-order chi connectivity index (χ0) is 35.2. The molecule has 3 atom stereocenters. The maximum Gasteiger partial charge on any atom is 0.270 e. The molecule has 1 aliphatic heterocycles. The number of nitrogens with zero attached hydrogens (tertiary/aromatic N) is 4. The molecule has 10 nitrogen and oxygen atoms in total. The van der Waals surface area contributed by atoms with Crippen molar-refractivity contribution in [3.05, 3.63) is 53.1 Å². The molecule has 2 aliphatic rings. The molecule has 11 heteroatoms. The fourth-order valence-corrected chi connectivity index (χ4v) is 7.02. The number of Topliss-reactive ketones (excluding diaryl/α,β-unsaturated/α-hetero) is 1. The molecular weight excluding hydrogens is 611 g/mol. The van der Waals surface area contributed by atoms with Crippen molar-refractivity contribution in [2.24, 2.45) is 11.8 Å². The van der Waals surface area contributed by atoms with Gasteiger partial charge in [-0.15, -0.1) is 0 Å². The van der Waals surface area contributed by atoms with Crippen molar-refractivity contribution in [1.82, 2.24) is 30.2 Å². The fourth-order valence-electron chi connectivity index (χ4n) is 7.02. The van der Waals surface area contributed by atoms with Crippen LogP contribution in [0.25, 0.3) is 0 Å². The highest BCUT2D eigenvalue weighted by Gasteiger charge is 2.36. The normalized spacial score (nSPS) is 20.9. The summed E-state index contributed by atoms with van der Waals surface area (Å²) in [6, 6.07) is 4.75. The highest BCUT2D eigenvalue weighted by Crippen LogP contribution is 2.32. The second kappa shape index (κ2) is 16.2. The molecule has 0 bridgehead atoms. The van der Waals surface area contributed by atoms with Gasteiger partial charge in [0, 0.05) is 63.2 Å². The van der Waals surface area contributed by atoms with E-state index < -0.39 is 23.8 Å². The molecule has 1 aliphatic carbocycles. The molecule has 2 aromatic rings. The van der Waals surface area contributed by atoms with Crippen LogP contribution in [0.5, 0.6) is 0 Å². The van der Waals surface area contributed by atoms with Gasteiger partial charge >= 0.3 is 0 Å². The van der Waals surface area contributed by atoms with Crippen LogP contribution in [0, 0.1) is 17.7 Å². The monoisotopic (exact) mass is 666 g/mol. The van der Waals surface area contributed by atoms with Crippen LogP contribution in [-0.4, -0.2) is 86.9 Å². The number of nitrogens with one attached hydrogen (secondary N) is 2. The molecule has 2 N–H and O–H groups in total. The average Bonchev–Trinajstić information content (AvgIpc) is 3.55. The van der Waals surface area contributed by atoms with Gasteiger partial charge in [-0.1, -0.05) is 45.7 Å². The van der Waals surface area contributed by atoms with E-state index in [1.54, 1.807) is 40.9 Å². The quantitative estimate of drug-likeness (QED) is 0.339. The lowest BCUT2D eigenvalue weighted by molar-refractivity contribution is -0.139. The Morgan fingerprint density at radius 3 is 2.23 bits per heavy atom. The molecule has 3 amide bonds. The Hall–Kier alpha value is -3.60. The summed E-state index contributed by atoms with van der Waals surface area (Å²) < 4.78 is 17.4. The molecule has 2 heterocycles. The minimum Gasteiger partial charge on any atom is -0.344 e. The van der Waals surface area contributed by atoms with Crippen molar-refractivity contribution in [3.63, 3.8) is 0 Å². The van der Waals surface area contributed by atoms with Crippen molar-refractivity contribution in [1.29, 1.82) is 0 Å². The molecule has 0 radical (unpaired) electrons. The summed E-state index contributed by atoms with van der Waals surface area (Å²) in [6.07, 6.45) is 5.19. The Kier molecular flexibility index (Phi) is 12.6. The molecule has 264 valence electrons. The smallest absolute Gasteiger partial charge is 0.270 e. The Morgan fingerprint density at radius 1 is 0.979 bits per heavy atom. The van der Waals surface area contributed by atoms with Gasteiger partial charge in [0.2, 0.25) is 11.8 Å². The van der Waals surface area contributed by atoms with Crippen molar-refractivity contribution >= 4 is 23.5 Å². The van der Waals surface area contributed by atoms with E-state index in [0.717, 1.165) is 38.8 Å². The number of hydrogen-bond donors (Lipinski definition) is 2. The number of ketones is 1. The Morgan fingerprint density at radius 2 is 1.65 bits per heavy atom. The second-order valence-electron chi connectivity index (χ2n) is 14.7. The number of carbonyl (C=O) groups excluding carboxylic acids is 4. The van der Waals surface area contributed by atoms with Crippen LogP contribution in [0.2, 0.25) is 0 Å². The minimum absolute atomic E-state index is 0.00174. The van der Waals surface area contributed by atoms with E-state index in [2.05, 4.69) is 48.3 Å². The zero-order valence-electron chi connectivity index (χ0n) is 29.9. The molecule has 2 fully saturated rings. The number of aryl methyl sites for hydroxylation is 1. The van der Waals surface area contributed by atoms with Crippen molar-refractivity contribution < 1.29 is 23.6 Å². The van der Waals surface area contributed by atoms with Crippen molar-refractivity contribution in [2.75, 3.05) is 26.2 Å². The van der Waals surface area contributed by atoms with Gasteiger partial charge in [-0.25, -0.2) is 4.39 Å². The topological polar surface area (TPSA) is 117 Å². The number of benzene rings is 1. The van der Waals surface area contributed by atoms with Crippen LogP contribution < -0.4 is 10.6 Å². The lowest BCUT2D eigenvalue weighted by Gasteiger charge is -2.43. The maximum absolute atomic E-state index is 15.8. The average molecular weight is 667 g/mol. The Balaban J connectivity index is 1.50. The SMILES string of the molecule is CCC(=O)N[C@@H](C(=O)N1CCN(C(C)(C)C)CC1)[C@@H](C)c1ccc(CC(=O)[C@@H](NC(=O)c2ccnn2CC)C2CCC(C)CC2)c(F)c1. The molecular formula is C37H55FN6O4. The van der Waals surface area contributed by atoms with Crippen LogP contribution >= 0.6 is 0 Å². The number of amides is 3. The number of rotatable bonds is 12. The fraction of sp³-hybridized carbons (Fsp3) is 0.649. The summed E-state index contributed by atoms with van der Waals surface area (Å²) in [4.78, 5) is 57.6. The summed E-state index contributed by atoms with van der Waals surface area (Å²) in [5.41, 5.74) is 1.18. The number of hydrogen-bond acceptors (Lipinski definition) is 6. The van der Waals surface area contributed by atoms with Gasteiger partial charge in [0.15, 0.2) is 5.78 Å². The van der Waals surface area contributed by atoms with Gasteiger partial charge in [0.1, 0.15) is 17.6 Å². The third kappa shape index (κ3) is 9.09. The summed E-state index contributed by atoms with van der Waals surface area (Å²) >= 11 is 0. The van der Waals surface area contributed by atoms with Crippen LogP contribution in [-0.2, 0) is 27.3 Å².